The van der Waals surface area contributed by atoms with Gasteiger partial charge in [0, 0.05) is 11.5 Å². The van der Waals surface area contributed by atoms with Gasteiger partial charge in [-0.1, -0.05) is 28.4 Å². The Morgan fingerprint density at radius 1 is 1.32 bits per heavy atom. The Morgan fingerprint density at radius 3 is 2.58 bits per heavy atom. The third-order valence-corrected chi connectivity index (χ3v) is 5.23. The second kappa shape index (κ2) is 5.28. The molecule has 6 nitrogen and oxygen atoms in total. The van der Waals surface area contributed by atoms with E-state index in [-0.39, 0.29) is 15.7 Å². The molecule has 1 aromatic heterocycles. The molecule has 1 aromatic carbocycles. The van der Waals surface area contributed by atoms with Crippen molar-refractivity contribution in [1.82, 2.24) is 15.0 Å². The first-order valence-electron chi connectivity index (χ1n) is 4.83. The normalized spacial score (nSPS) is 11.6. The van der Waals surface area contributed by atoms with E-state index in [0.29, 0.717) is 9.50 Å². The predicted molar refractivity (Wildman–Crippen MR) is 76.0 cm³/mol. The number of anilines is 1. The van der Waals surface area contributed by atoms with Crippen LogP contribution in [0.3, 0.4) is 0 Å². The lowest BCUT2D eigenvalue weighted by atomic mass is 10.4. The molecule has 0 saturated carbocycles. The highest BCUT2D eigenvalue weighted by atomic mass is 79.9. The van der Waals surface area contributed by atoms with E-state index in [1.807, 2.05) is 0 Å². The van der Waals surface area contributed by atoms with E-state index in [1.54, 1.807) is 7.05 Å². The first-order valence-corrected chi connectivity index (χ1v) is 7.86. The van der Waals surface area contributed by atoms with Gasteiger partial charge in [0.15, 0.2) is 5.82 Å². The molecular formula is C9H7BrCl2N4O2S. The highest BCUT2D eigenvalue weighted by molar-refractivity contribution is 9.10. The van der Waals surface area contributed by atoms with Crippen LogP contribution in [0, 0.1) is 0 Å². The van der Waals surface area contributed by atoms with Gasteiger partial charge in [-0.25, -0.2) is 13.1 Å². The minimum absolute atomic E-state index is 0.0239. The molecule has 0 aliphatic heterocycles. The van der Waals surface area contributed by atoms with Crippen LogP contribution >= 0.6 is 39.1 Å². The van der Waals surface area contributed by atoms with Crippen molar-refractivity contribution in [2.24, 2.45) is 7.05 Å². The summed E-state index contributed by atoms with van der Waals surface area (Å²) < 4.78 is 28.5. The van der Waals surface area contributed by atoms with Gasteiger partial charge in [0.05, 0.1) is 16.2 Å². The summed E-state index contributed by atoms with van der Waals surface area (Å²) in [6.07, 6.45) is 1.29. The zero-order valence-corrected chi connectivity index (χ0v) is 13.3. The van der Waals surface area contributed by atoms with E-state index in [4.69, 9.17) is 23.2 Å². The number of hydrogen-bond donors (Lipinski definition) is 1. The highest BCUT2D eigenvalue weighted by Gasteiger charge is 2.21. The molecule has 0 unspecified atom stereocenters. The van der Waals surface area contributed by atoms with Gasteiger partial charge in [-0.3, -0.25) is 4.72 Å². The molecule has 0 saturated heterocycles. The summed E-state index contributed by atoms with van der Waals surface area (Å²) in [5, 5.41) is 7.55. The van der Waals surface area contributed by atoms with Crippen molar-refractivity contribution in [2.75, 3.05) is 4.72 Å². The Bertz CT molecular complexity index is 732. The zero-order chi connectivity index (χ0) is 14.2. The number of aromatic nitrogens is 3. The Balaban J connectivity index is 2.46. The molecule has 0 aliphatic rings. The van der Waals surface area contributed by atoms with Crippen molar-refractivity contribution in [3.8, 4) is 0 Å². The molecule has 0 radical (unpaired) electrons. The molecule has 2 aromatic rings. The minimum atomic E-state index is -3.85. The maximum absolute atomic E-state index is 12.2. The third kappa shape index (κ3) is 3.02. The van der Waals surface area contributed by atoms with Crippen molar-refractivity contribution < 1.29 is 8.42 Å². The Morgan fingerprint density at radius 2 is 2.00 bits per heavy atom. The standard InChI is InChI=1S/C9H7BrCl2N4O2S/c1-16-9(4-13-15-16)14-19(17,18)8-2-5(10)6(11)3-7(8)12/h2-4,14H,1H3. The quantitative estimate of drug-likeness (QED) is 0.824. The zero-order valence-electron chi connectivity index (χ0n) is 9.43. The second-order valence-corrected chi connectivity index (χ2v) is 6.86. The number of nitrogens with one attached hydrogen (secondary N) is 1. The van der Waals surface area contributed by atoms with Crippen LogP contribution in [0.25, 0.3) is 0 Å². The molecule has 0 aliphatic carbocycles. The number of rotatable bonds is 3. The average Bonchev–Trinajstić information content (AvgIpc) is 2.69. The van der Waals surface area contributed by atoms with E-state index in [1.165, 1.54) is 23.0 Å². The van der Waals surface area contributed by atoms with Gasteiger partial charge in [0.25, 0.3) is 10.0 Å². The lowest BCUT2D eigenvalue weighted by Crippen LogP contribution is -2.16. The lowest BCUT2D eigenvalue weighted by molar-refractivity contribution is 0.600. The van der Waals surface area contributed by atoms with Gasteiger partial charge in [-0.15, -0.1) is 5.10 Å². The number of hydrogen-bond acceptors (Lipinski definition) is 4. The Hall–Kier alpha value is -0.830. The van der Waals surface area contributed by atoms with E-state index >= 15 is 0 Å². The molecule has 10 heteroatoms. The van der Waals surface area contributed by atoms with Crippen molar-refractivity contribution in [3.05, 3.63) is 32.8 Å². The molecule has 0 atom stereocenters. The average molecular weight is 386 g/mol. The van der Waals surface area contributed by atoms with Gasteiger partial charge < -0.3 is 0 Å². The van der Waals surface area contributed by atoms with Gasteiger partial charge in [0.1, 0.15) is 4.90 Å². The van der Waals surface area contributed by atoms with Crippen LogP contribution in [0.15, 0.2) is 27.7 Å². The van der Waals surface area contributed by atoms with Crippen molar-refractivity contribution in [2.45, 2.75) is 4.90 Å². The number of aryl methyl sites for hydroxylation is 1. The molecule has 0 amide bonds. The second-order valence-electron chi connectivity index (χ2n) is 3.55. The summed E-state index contributed by atoms with van der Waals surface area (Å²) in [5.41, 5.74) is 0. The summed E-state index contributed by atoms with van der Waals surface area (Å²) >= 11 is 14.9. The number of halogens is 3. The maximum atomic E-state index is 12.2. The fraction of sp³-hybridized carbons (Fsp3) is 0.111. The molecule has 1 heterocycles. The highest BCUT2D eigenvalue weighted by Crippen LogP contribution is 2.32. The largest absolute Gasteiger partial charge is 0.264 e. The van der Waals surface area contributed by atoms with Crippen LogP contribution in [0.1, 0.15) is 0 Å². The van der Waals surface area contributed by atoms with Gasteiger partial charge in [0.2, 0.25) is 0 Å². The topological polar surface area (TPSA) is 76.9 Å². The van der Waals surface area contributed by atoms with Crippen molar-refractivity contribution >= 4 is 55.0 Å². The SMILES string of the molecule is Cn1nncc1NS(=O)(=O)c1cc(Br)c(Cl)cc1Cl. The van der Waals surface area contributed by atoms with Gasteiger partial charge in [-0.2, -0.15) is 0 Å². The van der Waals surface area contributed by atoms with Crippen LogP contribution in [-0.2, 0) is 17.1 Å². The first kappa shape index (κ1) is 14.6. The summed E-state index contributed by atoms with van der Waals surface area (Å²) in [4.78, 5) is -0.0911. The molecule has 2 rings (SSSR count). The summed E-state index contributed by atoms with van der Waals surface area (Å²) in [6.45, 7) is 0. The van der Waals surface area contributed by atoms with Gasteiger partial charge in [-0.05, 0) is 28.1 Å². The van der Waals surface area contributed by atoms with Crippen LogP contribution in [0.2, 0.25) is 10.0 Å². The van der Waals surface area contributed by atoms with E-state index in [9.17, 15) is 8.42 Å². The molecule has 19 heavy (non-hydrogen) atoms. The van der Waals surface area contributed by atoms with Crippen LogP contribution < -0.4 is 4.72 Å². The molecule has 1 N–H and O–H groups in total. The Labute approximate surface area is 127 Å². The van der Waals surface area contributed by atoms with Crippen molar-refractivity contribution in [1.29, 1.82) is 0 Å². The summed E-state index contributed by atoms with van der Waals surface area (Å²) in [5.74, 6) is 0.224. The smallest absolute Gasteiger partial charge is 0.262 e. The number of sulfonamides is 1. The maximum Gasteiger partial charge on any atom is 0.264 e. The number of benzene rings is 1. The fourth-order valence-corrected chi connectivity index (χ4v) is 3.63. The van der Waals surface area contributed by atoms with E-state index < -0.39 is 10.0 Å². The summed E-state index contributed by atoms with van der Waals surface area (Å²) in [7, 11) is -2.29. The lowest BCUT2D eigenvalue weighted by Gasteiger charge is -2.10. The Kier molecular flexibility index (Phi) is 4.05. The van der Waals surface area contributed by atoms with E-state index in [0.717, 1.165) is 0 Å². The molecule has 0 spiro atoms. The fourth-order valence-electron chi connectivity index (χ4n) is 1.29. The first-order chi connectivity index (χ1) is 8.81. The molecule has 0 bridgehead atoms. The molecule has 0 fully saturated rings. The van der Waals surface area contributed by atoms with Gasteiger partial charge >= 0.3 is 0 Å². The van der Waals surface area contributed by atoms with Crippen LogP contribution in [0.4, 0.5) is 5.82 Å². The number of nitrogens with zero attached hydrogens (tertiary/aromatic N) is 3. The van der Waals surface area contributed by atoms with Crippen molar-refractivity contribution in [3.63, 3.8) is 0 Å². The minimum Gasteiger partial charge on any atom is -0.262 e. The predicted octanol–water partition coefficient (Wildman–Crippen LogP) is 2.69. The molecule has 102 valence electrons. The third-order valence-electron chi connectivity index (χ3n) is 2.22. The van der Waals surface area contributed by atoms with Crippen LogP contribution in [-0.4, -0.2) is 23.4 Å². The summed E-state index contributed by atoms with van der Waals surface area (Å²) in [6, 6.07) is 2.68. The monoisotopic (exact) mass is 384 g/mol. The van der Waals surface area contributed by atoms with Crippen LogP contribution in [0.5, 0.6) is 0 Å². The van der Waals surface area contributed by atoms with E-state index in [2.05, 4.69) is 31.0 Å². The molecular weight excluding hydrogens is 379 g/mol.